The highest BCUT2D eigenvalue weighted by Gasteiger charge is 2.23. The normalized spacial score (nSPS) is 12.8. The summed E-state index contributed by atoms with van der Waals surface area (Å²) < 4.78 is 12.3. The van der Waals surface area contributed by atoms with E-state index in [1.807, 2.05) is 33.9 Å². The van der Waals surface area contributed by atoms with Crippen LogP contribution in [-0.4, -0.2) is 50.2 Å². The van der Waals surface area contributed by atoms with Gasteiger partial charge in [-0.15, -0.1) is 0 Å². The zero-order valence-corrected chi connectivity index (χ0v) is 15.4. The first kappa shape index (κ1) is 19.6. The molecule has 0 aliphatic carbocycles. The molecule has 0 radical (unpaired) electrons. The van der Waals surface area contributed by atoms with E-state index < -0.39 is 17.9 Å². The lowest BCUT2D eigenvalue weighted by atomic mass is 10.1. The van der Waals surface area contributed by atoms with Crippen LogP contribution in [-0.2, 0) is 16.1 Å². The Balaban J connectivity index is 1.93. The minimum Gasteiger partial charge on any atom is -0.480 e. The second kappa shape index (κ2) is 8.13. The number of hydrogen-bond donors (Lipinski definition) is 2. The van der Waals surface area contributed by atoms with E-state index in [1.54, 1.807) is 10.9 Å². The number of hydrogen-bond acceptors (Lipinski definition) is 6. The van der Waals surface area contributed by atoms with Gasteiger partial charge in [0.25, 0.3) is 5.91 Å². The molecule has 2 aromatic rings. The topological polar surface area (TPSA) is 119 Å². The fourth-order valence-corrected chi connectivity index (χ4v) is 2.18. The van der Waals surface area contributed by atoms with Crippen LogP contribution in [0.1, 0.15) is 49.0 Å². The lowest BCUT2D eigenvalue weighted by molar-refractivity contribution is -0.140. The molecule has 2 N–H and O–H groups in total. The van der Waals surface area contributed by atoms with E-state index in [2.05, 4.69) is 15.6 Å². The molecule has 2 aromatic heterocycles. The van der Waals surface area contributed by atoms with Crippen molar-refractivity contribution in [2.45, 2.75) is 52.3 Å². The molecule has 0 aliphatic rings. The molecule has 0 fully saturated rings. The van der Waals surface area contributed by atoms with Crippen LogP contribution in [0.4, 0.5) is 0 Å². The summed E-state index contributed by atoms with van der Waals surface area (Å²) in [6.07, 6.45) is 3.69. The van der Waals surface area contributed by atoms with E-state index in [1.165, 1.54) is 6.07 Å². The summed E-state index contributed by atoms with van der Waals surface area (Å²) in [6, 6.07) is 0.399. The summed E-state index contributed by atoms with van der Waals surface area (Å²) in [4.78, 5) is 23.6. The Bertz CT molecular complexity index is 759. The number of carbonyl (C=O) groups excluding carboxylic acids is 1. The summed E-state index contributed by atoms with van der Waals surface area (Å²) >= 11 is 0. The Hall–Kier alpha value is -2.68. The van der Waals surface area contributed by atoms with Crippen molar-refractivity contribution in [1.82, 2.24) is 20.3 Å². The highest BCUT2D eigenvalue weighted by Crippen LogP contribution is 2.10. The van der Waals surface area contributed by atoms with Crippen LogP contribution in [0.2, 0.25) is 0 Å². The fourth-order valence-electron chi connectivity index (χ4n) is 2.18. The van der Waals surface area contributed by atoms with Crippen LogP contribution in [0.15, 0.2) is 23.0 Å². The van der Waals surface area contributed by atoms with E-state index >= 15 is 0 Å². The molecule has 2 rings (SSSR count). The number of nitrogens with one attached hydrogen (secondary N) is 1. The van der Waals surface area contributed by atoms with Gasteiger partial charge in [-0.25, -0.2) is 4.79 Å². The maximum atomic E-state index is 12.2. The van der Waals surface area contributed by atoms with Crippen molar-refractivity contribution in [3.63, 3.8) is 0 Å². The third kappa shape index (κ3) is 5.99. The molecule has 0 saturated carbocycles. The number of aliphatic carboxylic acids is 1. The summed E-state index contributed by atoms with van der Waals surface area (Å²) in [7, 11) is 0. The first-order valence-corrected chi connectivity index (χ1v) is 8.26. The molecule has 0 aromatic carbocycles. The van der Waals surface area contributed by atoms with Gasteiger partial charge in [0.2, 0.25) is 0 Å². The molecule has 0 bridgehead atoms. The molecule has 0 spiro atoms. The van der Waals surface area contributed by atoms with Crippen molar-refractivity contribution in [3.05, 3.63) is 35.5 Å². The summed E-state index contributed by atoms with van der Waals surface area (Å²) in [5.74, 6) is -1.30. The molecule has 1 unspecified atom stereocenters. The van der Waals surface area contributed by atoms with Crippen LogP contribution >= 0.6 is 0 Å². The number of nitrogens with zero attached hydrogens (tertiary/aromatic N) is 3. The third-order valence-electron chi connectivity index (χ3n) is 3.42. The smallest absolute Gasteiger partial charge is 0.326 e. The Morgan fingerprint density at radius 2 is 2.15 bits per heavy atom. The lowest BCUT2D eigenvalue weighted by Gasteiger charge is -2.21. The van der Waals surface area contributed by atoms with Gasteiger partial charge < -0.3 is 19.7 Å². The van der Waals surface area contributed by atoms with E-state index in [-0.39, 0.29) is 24.3 Å². The predicted molar refractivity (Wildman–Crippen MR) is 91.8 cm³/mol. The molecule has 1 amide bonds. The number of rotatable bonds is 8. The van der Waals surface area contributed by atoms with Crippen molar-refractivity contribution < 1.29 is 24.0 Å². The third-order valence-corrected chi connectivity index (χ3v) is 3.42. The number of amides is 1. The van der Waals surface area contributed by atoms with Crippen LogP contribution < -0.4 is 5.32 Å². The van der Waals surface area contributed by atoms with E-state index in [0.717, 1.165) is 5.56 Å². The van der Waals surface area contributed by atoms with Gasteiger partial charge in [0.1, 0.15) is 12.6 Å². The zero-order valence-electron chi connectivity index (χ0n) is 15.4. The highest BCUT2D eigenvalue weighted by atomic mass is 16.5. The van der Waals surface area contributed by atoms with Gasteiger partial charge in [0.15, 0.2) is 11.5 Å². The number of carbonyl (C=O) groups is 2. The average Bonchev–Trinajstić information content (AvgIpc) is 3.14. The van der Waals surface area contributed by atoms with E-state index in [0.29, 0.717) is 12.3 Å². The SMILES string of the molecule is Cc1cnn(Cc2cc(C(=O)NC(CCOC(C)(C)C)C(=O)O)no2)c1. The molecular formula is C17H24N4O5. The molecule has 2 heterocycles. The number of carboxylic acid groups (broad SMARTS) is 1. The van der Waals surface area contributed by atoms with Crippen LogP contribution in [0.25, 0.3) is 0 Å². The van der Waals surface area contributed by atoms with E-state index in [4.69, 9.17) is 9.26 Å². The van der Waals surface area contributed by atoms with Gasteiger partial charge in [-0.3, -0.25) is 9.48 Å². The van der Waals surface area contributed by atoms with E-state index in [9.17, 15) is 14.7 Å². The summed E-state index contributed by atoms with van der Waals surface area (Å²) in [6.45, 7) is 8.08. The molecular weight excluding hydrogens is 340 g/mol. The number of aryl methyl sites for hydroxylation is 1. The Morgan fingerprint density at radius 3 is 2.73 bits per heavy atom. The van der Waals surface area contributed by atoms with Crippen LogP contribution in [0.5, 0.6) is 0 Å². The first-order valence-electron chi connectivity index (χ1n) is 8.26. The largest absolute Gasteiger partial charge is 0.480 e. The van der Waals surface area contributed by atoms with Gasteiger partial charge >= 0.3 is 5.97 Å². The Labute approximate surface area is 151 Å². The summed E-state index contributed by atoms with van der Waals surface area (Å²) in [5.41, 5.74) is 0.648. The first-order chi connectivity index (χ1) is 12.1. The number of carboxylic acids is 1. The van der Waals surface area contributed by atoms with Crippen LogP contribution in [0.3, 0.4) is 0 Å². The predicted octanol–water partition coefficient (Wildman–Crippen LogP) is 1.62. The second-order valence-electron chi connectivity index (χ2n) is 7.01. The Kier molecular flexibility index (Phi) is 6.14. The zero-order chi connectivity index (χ0) is 19.3. The molecule has 1 atom stereocenters. The summed E-state index contributed by atoms with van der Waals surface area (Å²) in [5, 5.41) is 19.5. The standard InChI is InChI=1S/C17H24N4O5/c1-11-8-18-21(9-11)10-12-7-14(20-26-12)15(22)19-13(16(23)24)5-6-25-17(2,3)4/h7-9,13H,5-6,10H2,1-4H3,(H,19,22)(H,23,24). The molecule has 26 heavy (non-hydrogen) atoms. The molecule has 0 saturated heterocycles. The maximum Gasteiger partial charge on any atom is 0.326 e. The van der Waals surface area contributed by atoms with Gasteiger partial charge in [-0.1, -0.05) is 5.16 Å². The Morgan fingerprint density at radius 1 is 1.42 bits per heavy atom. The van der Waals surface area contributed by atoms with Crippen molar-refractivity contribution >= 4 is 11.9 Å². The van der Waals surface area contributed by atoms with Crippen molar-refractivity contribution in [2.75, 3.05) is 6.61 Å². The molecule has 9 heteroatoms. The minimum absolute atomic E-state index is 0.0202. The molecule has 9 nitrogen and oxygen atoms in total. The quantitative estimate of drug-likeness (QED) is 0.730. The van der Waals surface area contributed by atoms with Gasteiger partial charge in [-0.2, -0.15) is 5.10 Å². The van der Waals surface area contributed by atoms with Gasteiger partial charge in [0.05, 0.1) is 11.8 Å². The van der Waals surface area contributed by atoms with Crippen molar-refractivity contribution in [3.8, 4) is 0 Å². The van der Waals surface area contributed by atoms with Gasteiger partial charge in [0, 0.05) is 25.3 Å². The number of ether oxygens (including phenoxy) is 1. The fraction of sp³-hybridized carbons (Fsp3) is 0.529. The molecule has 142 valence electrons. The molecule has 0 aliphatic heterocycles. The monoisotopic (exact) mass is 364 g/mol. The average molecular weight is 364 g/mol. The number of aromatic nitrogens is 3. The van der Waals surface area contributed by atoms with Crippen molar-refractivity contribution in [1.29, 1.82) is 0 Å². The second-order valence-corrected chi connectivity index (χ2v) is 7.01. The van der Waals surface area contributed by atoms with Crippen molar-refractivity contribution in [2.24, 2.45) is 0 Å². The lowest BCUT2D eigenvalue weighted by Crippen LogP contribution is -2.42. The maximum absolute atomic E-state index is 12.2. The van der Waals surface area contributed by atoms with Crippen LogP contribution in [0, 0.1) is 6.92 Å². The highest BCUT2D eigenvalue weighted by molar-refractivity contribution is 5.94. The van der Waals surface area contributed by atoms with Gasteiger partial charge in [-0.05, 0) is 33.3 Å². The minimum atomic E-state index is -1.13.